The zero-order valence-electron chi connectivity index (χ0n) is 21.6. The molecule has 5 heterocycles. The molecule has 3 aromatic heterocycles. The number of hydrogen-bond donors (Lipinski definition) is 1. The van der Waals surface area contributed by atoms with Crippen molar-refractivity contribution in [1.82, 2.24) is 19.9 Å². The second-order valence-corrected chi connectivity index (χ2v) is 10.9. The number of rotatable bonds is 3. The van der Waals surface area contributed by atoms with Crippen molar-refractivity contribution in [2.24, 2.45) is 11.3 Å². The summed E-state index contributed by atoms with van der Waals surface area (Å²) in [6, 6.07) is 6.05. The van der Waals surface area contributed by atoms with E-state index in [0.717, 1.165) is 86.1 Å². The van der Waals surface area contributed by atoms with E-state index < -0.39 is 0 Å². The molecule has 3 aliphatic rings. The lowest BCUT2D eigenvalue weighted by Gasteiger charge is -2.30. The number of nitrogens with zero attached hydrogens (tertiary/aromatic N) is 4. The van der Waals surface area contributed by atoms with E-state index in [1.807, 2.05) is 25.3 Å². The maximum atomic E-state index is 13.1. The number of carbonyl (C=O) groups excluding carboxylic acids is 1. The molecule has 2 saturated heterocycles. The maximum absolute atomic E-state index is 13.1. The topological polar surface area (TPSA) is 80.2 Å². The molecule has 0 bridgehead atoms. The minimum absolute atomic E-state index is 0.0707. The zero-order valence-corrected chi connectivity index (χ0v) is 21.6. The van der Waals surface area contributed by atoms with E-state index in [-0.39, 0.29) is 17.2 Å². The van der Waals surface area contributed by atoms with Crippen molar-refractivity contribution in [2.45, 2.75) is 44.9 Å². The highest BCUT2D eigenvalue weighted by Gasteiger charge is 2.58. The number of anilines is 1. The number of pyridine rings is 3. The van der Waals surface area contributed by atoms with Crippen LogP contribution < -0.4 is 5.32 Å². The summed E-state index contributed by atoms with van der Waals surface area (Å²) in [5.74, 6) is 7.68. The number of ether oxygens (including phenoxy) is 1. The van der Waals surface area contributed by atoms with Gasteiger partial charge in [0, 0.05) is 60.7 Å². The Bertz CT molecular complexity index is 1390. The van der Waals surface area contributed by atoms with Crippen molar-refractivity contribution in [2.75, 3.05) is 38.7 Å². The number of fused-ring (bicyclic) bond motifs is 1. The van der Waals surface area contributed by atoms with Gasteiger partial charge in [-0.05, 0) is 87.6 Å². The van der Waals surface area contributed by atoms with Gasteiger partial charge in [0.1, 0.15) is 11.5 Å². The first-order valence-electron chi connectivity index (χ1n) is 13.3. The van der Waals surface area contributed by atoms with Crippen LogP contribution in [0.5, 0.6) is 0 Å². The van der Waals surface area contributed by atoms with E-state index in [2.05, 4.69) is 50.1 Å². The average Bonchev–Trinajstić information content (AvgIpc) is 3.61. The van der Waals surface area contributed by atoms with Crippen molar-refractivity contribution in [3.8, 4) is 11.8 Å². The smallest absolute Gasteiger partial charge is 0.229 e. The van der Waals surface area contributed by atoms with Crippen LogP contribution in [-0.4, -0.2) is 59.1 Å². The standard InChI is InChI=1S/C30H33N5O2/c1-20-26-18-33-28(34-29(36)27-15-30(27)10-3-11-35(2)19-30)14-25(26)23(17-31-20)5-7-24-6-4-22(16-32-24)21-8-12-37-13-9-21/h4,6,14,16-18,21,27H,3,8-13,15,19H2,1-2H3,(H,33,34,36)/t27-,30+/m0/s1. The molecule has 1 amide bonds. The van der Waals surface area contributed by atoms with Gasteiger partial charge >= 0.3 is 0 Å². The van der Waals surface area contributed by atoms with Crippen LogP contribution >= 0.6 is 0 Å². The second kappa shape index (κ2) is 9.85. The molecule has 1 aliphatic carbocycles. The fourth-order valence-corrected chi connectivity index (χ4v) is 6.10. The highest BCUT2D eigenvalue weighted by atomic mass is 16.5. The Morgan fingerprint density at radius 3 is 2.76 bits per heavy atom. The molecule has 3 aromatic rings. The predicted molar refractivity (Wildman–Crippen MR) is 143 cm³/mol. The van der Waals surface area contributed by atoms with Gasteiger partial charge in [-0.3, -0.25) is 9.78 Å². The minimum Gasteiger partial charge on any atom is -0.381 e. The van der Waals surface area contributed by atoms with Gasteiger partial charge < -0.3 is 15.0 Å². The molecule has 1 spiro atoms. The third kappa shape index (κ3) is 4.96. The van der Waals surface area contributed by atoms with E-state index in [4.69, 9.17) is 4.74 Å². The van der Waals surface area contributed by atoms with Crippen LogP contribution in [-0.2, 0) is 9.53 Å². The Labute approximate surface area is 218 Å². The summed E-state index contributed by atoms with van der Waals surface area (Å²) < 4.78 is 5.47. The Balaban J connectivity index is 1.21. The Morgan fingerprint density at radius 1 is 1.11 bits per heavy atom. The number of carbonyl (C=O) groups is 1. The van der Waals surface area contributed by atoms with Crippen LogP contribution in [0.2, 0.25) is 0 Å². The summed E-state index contributed by atoms with van der Waals surface area (Å²) in [5.41, 5.74) is 3.81. The van der Waals surface area contributed by atoms with Gasteiger partial charge in [0.15, 0.2) is 0 Å². The summed E-state index contributed by atoms with van der Waals surface area (Å²) >= 11 is 0. The fourth-order valence-electron chi connectivity index (χ4n) is 6.10. The molecule has 0 radical (unpaired) electrons. The summed E-state index contributed by atoms with van der Waals surface area (Å²) in [7, 11) is 2.15. The van der Waals surface area contributed by atoms with Crippen molar-refractivity contribution in [3.05, 3.63) is 59.3 Å². The first-order valence-corrected chi connectivity index (χ1v) is 13.3. The monoisotopic (exact) mass is 495 g/mol. The number of aromatic nitrogens is 3. The van der Waals surface area contributed by atoms with Gasteiger partial charge in [0.05, 0.1) is 5.56 Å². The third-order valence-electron chi connectivity index (χ3n) is 8.33. The lowest BCUT2D eigenvalue weighted by Crippen LogP contribution is -2.35. The second-order valence-electron chi connectivity index (χ2n) is 10.9. The van der Waals surface area contributed by atoms with Crippen molar-refractivity contribution in [1.29, 1.82) is 0 Å². The molecule has 1 saturated carbocycles. The van der Waals surface area contributed by atoms with Crippen molar-refractivity contribution < 1.29 is 9.53 Å². The number of amides is 1. The van der Waals surface area contributed by atoms with E-state index in [1.165, 1.54) is 5.56 Å². The Hall–Kier alpha value is -3.34. The lowest BCUT2D eigenvalue weighted by atomic mass is 9.92. The van der Waals surface area contributed by atoms with Crippen LogP contribution in [0.1, 0.15) is 60.5 Å². The van der Waals surface area contributed by atoms with E-state index in [1.54, 1.807) is 12.4 Å². The Morgan fingerprint density at radius 2 is 1.97 bits per heavy atom. The van der Waals surface area contributed by atoms with Gasteiger partial charge in [-0.25, -0.2) is 9.97 Å². The molecule has 7 heteroatoms. The predicted octanol–water partition coefficient (Wildman–Crippen LogP) is 4.30. The molecule has 0 unspecified atom stereocenters. The normalized spacial score (nSPS) is 24.0. The van der Waals surface area contributed by atoms with E-state index in [0.29, 0.717) is 11.7 Å². The molecule has 3 fully saturated rings. The van der Waals surface area contributed by atoms with Gasteiger partial charge in [0.25, 0.3) is 0 Å². The van der Waals surface area contributed by atoms with Crippen LogP contribution in [0.15, 0.2) is 36.8 Å². The largest absolute Gasteiger partial charge is 0.381 e. The molecule has 1 N–H and O–H groups in total. The molecule has 0 aromatic carbocycles. The molecule has 2 aliphatic heterocycles. The number of aryl methyl sites for hydroxylation is 1. The molecule has 2 atom stereocenters. The summed E-state index contributed by atoms with van der Waals surface area (Å²) in [5, 5.41) is 4.95. The first-order chi connectivity index (χ1) is 18.0. The molecular weight excluding hydrogens is 462 g/mol. The SMILES string of the molecule is Cc1ncc(C#Cc2ccc(C3CCOCC3)cn2)c2cc(NC(=O)[C@@H]3C[C@@]34CCCN(C)C4)ncc12. The summed E-state index contributed by atoms with van der Waals surface area (Å²) in [4.78, 5) is 29.1. The highest BCUT2D eigenvalue weighted by Crippen LogP contribution is 2.58. The molecule has 190 valence electrons. The number of nitrogens with one attached hydrogen (secondary N) is 1. The van der Waals surface area contributed by atoms with Gasteiger partial charge in [-0.15, -0.1) is 0 Å². The molecule has 7 nitrogen and oxygen atoms in total. The average molecular weight is 496 g/mol. The summed E-state index contributed by atoms with van der Waals surface area (Å²) in [6.07, 6.45) is 10.9. The highest BCUT2D eigenvalue weighted by molar-refractivity contribution is 5.97. The van der Waals surface area contributed by atoms with Gasteiger partial charge in [-0.2, -0.15) is 0 Å². The number of likely N-dealkylation sites (tertiary alicyclic amines) is 1. The first kappa shape index (κ1) is 24.0. The van der Waals surface area contributed by atoms with Crippen LogP contribution in [0.3, 0.4) is 0 Å². The maximum Gasteiger partial charge on any atom is 0.229 e. The molecule has 37 heavy (non-hydrogen) atoms. The quantitative estimate of drug-likeness (QED) is 0.546. The van der Waals surface area contributed by atoms with Crippen molar-refractivity contribution >= 4 is 22.5 Å². The van der Waals surface area contributed by atoms with Crippen molar-refractivity contribution in [3.63, 3.8) is 0 Å². The number of hydrogen-bond acceptors (Lipinski definition) is 6. The van der Waals surface area contributed by atoms with Gasteiger partial charge in [0.2, 0.25) is 5.91 Å². The lowest BCUT2D eigenvalue weighted by molar-refractivity contribution is -0.118. The van der Waals surface area contributed by atoms with Crippen LogP contribution in [0, 0.1) is 30.1 Å². The van der Waals surface area contributed by atoms with Crippen LogP contribution in [0.4, 0.5) is 5.82 Å². The third-order valence-corrected chi connectivity index (χ3v) is 8.33. The fraction of sp³-hybridized carbons (Fsp3) is 0.467. The van der Waals surface area contributed by atoms with E-state index >= 15 is 0 Å². The molecular formula is C30H33N5O2. The molecule has 6 rings (SSSR count). The Kier molecular flexibility index (Phi) is 6.39. The minimum atomic E-state index is 0.0707. The summed E-state index contributed by atoms with van der Waals surface area (Å²) in [6.45, 7) is 5.72. The van der Waals surface area contributed by atoms with Gasteiger partial charge in [-0.1, -0.05) is 12.0 Å². The van der Waals surface area contributed by atoms with E-state index in [9.17, 15) is 4.79 Å². The van der Waals surface area contributed by atoms with Crippen LogP contribution in [0.25, 0.3) is 10.8 Å². The number of piperidine rings is 1. The zero-order chi connectivity index (χ0) is 25.4.